The number of hydrogen-bond donors (Lipinski definition) is 1. The van der Waals surface area contributed by atoms with Crippen LogP contribution in [0.5, 0.6) is 17.2 Å². The molecule has 0 bridgehead atoms. The first kappa shape index (κ1) is 23.9. The van der Waals surface area contributed by atoms with E-state index < -0.39 is 0 Å². The number of allylic oxidation sites excluding steroid dienone is 1. The average molecular weight is 485 g/mol. The van der Waals surface area contributed by atoms with Crippen molar-refractivity contribution in [3.8, 4) is 17.2 Å². The predicted molar refractivity (Wildman–Crippen MR) is 142 cm³/mol. The van der Waals surface area contributed by atoms with Gasteiger partial charge in [-0.2, -0.15) is 0 Å². The summed E-state index contributed by atoms with van der Waals surface area (Å²) in [5.41, 5.74) is 5.29. The zero-order valence-corrected chi connectivity index (χ0v) is 21.1. The highest BCUT2D eigenvalue weighted by molar-refractivity contribution is 6.15. The minimum Gasteiger partial charge on any atom is -0.507 e. The second-order valence-corrected chi connectivity index (χ2v) is 9.39. The van der Waals surface area contributed by atoms with E-state index in [2.05, 4.69) is 41.0 Å². The lowest BCUT2D eigenvalue weighted by Gasteiger charge is -2.36. The van der Waals surface area contributed by atoms with Crippen LogP contribution < -0.4 is 14.4 Å². The molecule has 3 aromatic carbocycles. The zero-order valence-electron chi connectivity index (χ0n) is 21.1. The first-order chi connectivity index (χ1) is 17.5. The van der Waals surface area contributed by atoms with Gasteiger partial charge in [-0.1, -0.05) is 31.2 Å². The molecular weight excluding hydrogens is 452 g/mol. The molecule has 0 spiro atoms. The number of aromatic hydroxyl groups is 1. The lowest BCUT2D eigenvalue weighted by molar-refractivity contribution is 0.101. The highest BCUT2D eigenvalue weighted by Gasteiger charge is 2.34. The third-order valence-electron chi connectivity index (χ3n) is 7.10. The van der Waals surface area contributed by atoms with E-state index in [1.165, 1.54) is 11.3 Å². The number of Topliss-reactive ketones (excluding diaryl/α,β-unsaturated/α-hetero) is 1. The van der Waals surface area contributed by atoms with Gasteiger partial charge < -0.3 is 19.5 Å². The van der Waals surface area contributed by atoms with Crippen molar-refractivity contribution >= 4 is 17.5 Å². The number of fused-ring (bicyclic) bond motifs is 1. The van der Waals surface area contributed by atoms with E-state index >= 15 is 0 Å². The second kappa shape index (κ2) is 10.1. The third kappa shape index (κ3) is 4.69. The normalized spacial score (nSPS) is 16.8. The summed E-state index contributed by atoms with van der Waals surface area (Å²) in [5, 5.41) is 10.8. The number of ketones is 1. The largest absolute Gasteiger partial charge is 0.507 e. The topological polar surface area (TPSA) is 62.2 Å². The van der Waals surface area contributed by atoms with Crippen molar-refractivity contribution in [1.29, 1.82) is 0 Å². The summed E-state index contributed by atoms with van der Waals surface area (Å²) in [6, 6.07) is 17.9. The van der Waals surface area contributed by atoms with Crippen molar-refractivity contribution in [2.24, 2.45) is 0 Å². The summed E-state index contributed by atoms with van der Waals surface area (Å²) in [4.78, 5) is 17.9. The fraction of sp³-hybridized carbons (Fsp3) is 0.300. The van der Waals surface area contributed by atoms with Crippen molar-refractivity contribution in [2.75, 3.05) is 38.2 Å². The van der Waals surface area contributed by atoms with Gasteiger partial charge in [0.2, 0.25) is 5.78 Å². The molecule has 0 saturated carbocycles. The molecule has 0 radical (unpaired) electrons. The Hall–Kier alpha value is -3.77. The lowest BCUT2D eigenvalue weighted by atomic mass is 9.99. The van der Waals surface area contributed by atoms with Crippen LogP contribution in [0.3, 0.4) is 0 Å². The second-order valence-electron chi connectivity index (χ2n) is 9.39. The number of carbonyl (C=O) groups excluding carboxylic acids is 1. The molecule has 2 heterocycles. The molecule has 6 heteroatoms. The number of carbonyl (C=O) groups is 1. The Kier molecular flexibility index (Phi) is 6.70. The van der Waals surface area contributed by atoms with Crippen molar-refractivity contribution in [2.45, 2.75) is 26.8 Å². The Morgan fingerprint density at radius 1 is 1.03 bits per heavy atom. The molecule has 186 valence electrons. The number of rotatable bonds is 6. The summed E-state index contributed by atoms with van der Waals surface area (Å²) < 4.78 is 11.4. The molecule has 36 heavy (non-hydrogen) atoms. The van der Waals surface area contributed by atoms with Crippen LogP contribution in [0.1, 0.15) is 39.5 Å². The monoisotopic (exact) mass is 484 g/mol. The van der Waals surface area contributed by atoms with Crippen LogP contribution in [0, 0.1) is 6.92 Å². The van der Waals surface area contributed by atoms with Gasteiger partial charge in [0.25, 0.3) is 0 Å². The Morgan fingerprint density at radius 3 is 2.36 bits per heavy atom. The fourth-order valence-electron chi connectivity index (χ4n) is 4.91. The summed E-state index contributed by atoms with van der Waals surface area (Å²) in [6.07, 6.45) is 2.75. The predicted octanol–water partition coefficient (Wildman–Crippen LogP) is 5.21. The Labute approximate surface area is 212 Å². The molecule has 5 rings (SSSR count). The first-order valence-electron chi connectivity index (χ1n) is 12.5. The molecule has 0 unspecified atom stereocenters. The number of anilines is 1. The molecule has 6 nitrogen and oxygen atoms in total. The number of hydrogen-bond acceptors (Lipinski definition) is 6. The van der Waals surface area contributed by atoms with E-state index in [1.807, 2.05) is 31.2 Å². The maximum atomic E-state index is 13.2. The molecule has 0 aliphatic carbocycles. The highest BCUT2D eigenvalue weighted by atomic mass is 16.5. The van der Waals surface area contributed by atoms with Crippen LogP contribution in [0.25, 0.3) is 6.08 Å². The van der Waals surface area contributed by atoms with Gasteiger partial charge in [0.1, 0.15) is 17.2 Å². The smallest absolute Gasteiger partial charge is 0.232 e. The number of benzene rings is 3. The van der Waals surface area contributed by atoms with E-state index in [4.69, 9.17) is 9.47 Å². The molecule has 2 aliphatic heterocycles. The molecule has 1 saturated heterocycles. The molecule has 0 atom stereocenters. The summed E-state index contributed by atoms with van der Waals surface area (Å²) in [7, 11) is 1.67. The molecule has 0 amide bonds. The minimum absolute atomic E-state index is 0.132. The number of nitrogens with zero attached hydrogens (tertiary/aromatic N) is 2. The SMILES string of the molecule is CCc1ccc(/C=C2\Oc3c(CN4CCN(c5ccc(OC)cc5)CC4)c(O)cc(C)c3C2=O)cc1. The standard InChI is InChI=1S/C30H32N2O4/c1-4-21-5-7-22(8-6-21)18-27-29(34)28-20(2)17-26(33)25(30(28)36-27)19-31-13-15-32(16-14-31)23-9-11-24(35-3)12-10-23/h5-12,17-18,33H,4,13-16,19H2,1-3H3/b27-18-. The minimum atomic E-state index is -0.132. The van der Waals surface area contributed by atoms with Crippen LogP contribution in [0.2, 0.25) is 0 Å². The van der Waals surface area contributed by atoms with Crippen molar-refractivity contribution < 1.29 is 19.4 Å². The highest BCUT2D eigenvalue weighted by Crippen LogP contribution is 2.42. The van der Waals surface area contributed by atoms with E-state index in [1.54, 1.807) is 19.3 Å². The molecule has 2 aliphatic rings. The van der Waals surface area contributed by atoms with Crippen molar-refractivity contribution in [3.63, 3.8) is 0 Å². The maximum Gasteiger partial charge on any atom is 0.232 e. The summed E-state index contributed by atoms with van der Waals surface area (Å²) >= 11 is 0. The number of piperazine rings is 1. The van der Waals surface area contributed by atoms with Gasteiger partial charge in [0.15, 0.2) is 5.76 Å². The number of methoxy groups -OCH3 is 1. The van der Waals surface area contributed by atoms with Crippen LogP contribution >= 0.6 is 0 Å². The lowest BCUT2D eigenvalue weighted by Crippen LogP contribution is -2.46. The van der Waals surface area contributed by atoms with Crippen LogP contribution in [0.15, 0.2) is 60.4 Å². The van der Waals surface area contributed by atoms with Gasteiger partial charge in [-0.05, 0) is 66.4 Å². The van der Waals surface area contributed by atoms with Gasteiger partial charge in [-0.3, -0.25) is 9.69 Å². The Bertz CT molecular complexity index is 1290. The van der Waals surface area contributed by atoms with Gasteiger partial charge in [-0.15, -0.1) is 0 Å². The molecule has 0 aromatic heterocycles. The van der Waals surface area contributed by atoms with Gasteiger partial charge >= 0.3 is 0 Å². The summed E-state index contributed by atoms with van der Waals surface area (Å²) in [5.74, 6) is 1.68. The van der Waals surface area contributed by atoms with Crippen LogP contribution in [-0.2, 0) is 13.0 Å². The molecule has 1 N–H and O–H groups in total. The quantitative estimate of drug-likeness (QED) is 0.485. The van der Waals surface area contributed by atoms with Crippen molar-refractivity contribution in [1.82, 2.24) is 4.90 Å². The fourth-order valence-corrected chi connectivity index (χ4v) is 4.91. The Morgan fingerprint density at radius 2 is 1.72 bits per heavy atom. The molecule has 3 aromatic rings. The van der Waals surface area contributed by atoms with Gasteiger partial charge in [0, 0.05) is 38.4 Å². The van der Waals surface area contributed by atoms with E-state index in [9.17, 15) is 9.90 Å². The number of phenolic OH excluding ortho intramolecular Hbond substituents is 1. The maximum absolute atomic E-state index is 13.2. The number of ether oxygens (including phenoxy) is 2. The van der Waals surface area contributed by atoms with E-state index in [0.29, 0.717) is 29.2 Å². The summed E-state index contributed by atoms with van der Waals surface area (Å²) in [6.45, 7) is 7.92. The van der Waals surface area contributed by atoms with Crippen LogP contribution in [0.4, 0.5) is 5.69 Å². The zero-order chi connectivity index (χ0) is 25.2. The Balaban J connectivity index is 1.33. The van der Waals surface area contributed by atoms with Gasteiger partial charge in [-0.25, -0.2) is 0 Å². The first-order valence-corrected chi connectivity index (χ1v) is 12.5. The molecular formula is C30H32N2O4. The third-order valence-corrected chi connectivity index (χ3v) is 7.10. The number of phenols is 1. The van der Waals surface area contributed by atoms with Crippen LogP contribution in [-0.4, -0.2) is 49.1 Å². The van der Waals surface area contributed by atoms with Gasteiger partial charge in [0.05, 0.1) is 18.2 Å². The molecule has 1 fully saturated rings. The van der Waals surface area contributed by atoms with E-state index in [0.717, 1.165) is 49.5 Å². The number of aryl methyl sites for hydroxylation is 2. The van der Waals surface area contributed by atoms with Crippen molar-refractivity contribution in [3.05, 3.63) is 88.2 Å². The van der Waals surface area contributed by atoms with E-state index in [-0.39, 0.29) is 11.5 Å². The average Bonchev–Trinajstić information content (AvgIpc) is 3.23.